The van der Waals surface area contributed by atoms with Gasteiger partial charge in [0.2, 0.25) is 17.9 Å². The molecule has 4 aromatic rings. The van der Waals surface area contributed by atoms with Crippen LogP contribution >= 0.6 is 11.8 Å². The molecular weight excluding hydrogens is 418 g/mol. The Morgan fingerprint density at radius 1 is 1.13 bits per heavy atom. The molecule has 156 valence electrons. The summed E-state index contributed by atoms with van der Waals surface area (Å²) in [5.74, 6) is 1.97. The molecule has 2 aromatic heterocycles. The monoisotopic (exact) mass is 435 g/mol. The van der Waals surface area contributed by atoms with Gasteiger partial charge in [-0.1, -0.05) is 23.9 Å². The lowest BCUT2D eigenvalue weighted by molar-refractivity contribution is -0.113. The van der Waals surface area contributed by atoms with E-state index in [0.717, 1.165) is 17.0 Å². The number of amides is 1. The summed E-state index contributed by atoms with van der Waals surface area (Å²) in [5.41, 5.74) is 2.81. The SMILES string of the molecule is COc1ccccc1-c1ccc2nnc(SCC(=O)Nc3ccc4c(c3)OCO4)n2n1. The number of anilines is 1. The van der Waals surface area contributed by atoms with Gasteiger partial charge in [-0.2, -0.15) is 9.61 Å². The molecule has 10 heteroatoms. The van der Waals surface area contributed by atoms with Crippen LogP contribution in [0.4, 0.5) is 5.69 Å². The van der Waals surface area contributed by atoms with Gasteiger partial charge in [0.15, 0.2) is 17.1 Å². The first kappa shape index (κ1) is 19.2. The molecule has 1 aliphatic rings. The first-order chi connectivity index (χ1) is 15.2. The van der Waals surface area contributed by atoms with E-state index in [0.29, 0.717) is 28.0 Å². The summed E-state index contributed by atoms with van der Waals surface area (Å²) in [5, 5.41) is 16.3. The first-order valence-corrected chi connectivity index (χ1v) is 10.4. The van der Waals surface area contributed by atoms with Gasteiger partial charge in [0, 0.05) is 17.3 Å². The molecular formula is C21H17N5O4S. The summed E-state index contributed by atoms with van der Waals surface area (Å²) in [6.45, 7) is 0.187. The minimum atomic E-state index is -0.179. The number of aromatic nitrogens is 4. The van der Waals surface area contributed by atoms with Gasteiger partial charge in [0.05, 0.1) is 18.6 Å². The number of nitrogens with zero attached hydrogens (tertiary/aromatic N) is 4. The number of carbonyl (C=O) groups excluding carboxylic acids is 1. The molecule has 31 heavy (non-hydrogen) atoms. The van der Waals surface area contributed by atoms with E-state index in [1.807, 2.05) is 36.4 Å². The van der Waals surface area contributed by atoms with Crippen LogP contribution in [0.15, 0.2) is 59.8 Å². The maximum Gasteiger partial charge on any atom is 0.234 e. The van der Waals surface area contributed by atoms with Crippen molar-refractivity contribution >= 4 is 29.0 Å². The predicted octanol–water partition coefficient (Wildman–Crippen LogP) is 3.26. The Hall–Kier alpha value is -3.79. The molecule has 1 aliphatic heterocycles. The molecule has 0 saturated carbocycles. The van der Waals surface area contributed by atoms with Crippen molar-refractivity contribution in [2.45, 2.75) is 5.16 Å². The van der Waals surface area contributed by atoms with Gasteiger partial charge in [-0.05, 0) is 36.4 Å². The van der Waals surface area contributed by atoms with Crippen LogP contribution in [0.25, 0.3) is 16.9 Å². The number of rotatable bonds is 6. The van der Waals surface area contributed by atoms with Crippen molar-refractivity contribution in [2.75, 3.05) is 25.0 Å². The van der Waals surface area contributed by atoms with E-state index < -0.39 is 0 Å². The number of ether oxygens (including phenoxy) is 3. The van der Waals surface area contributed by atoms with E-state index in [4.69, 9.17) is 14.2 Å². The number of carbonyl (C=O) groups is 1. The highest BCUT2D eigenvalue weighted by molar-refractivity contribution is 7.99. The molecule has 2 aromatic carbocycles. The number of para-hydroxylation sites is 1. The Morgan fingerprint density at radius 2 is 2.00 bits per heavy atom. The fourth-order valence-corrected chi connectivity index (χ4v) is 3.85. The van der Waals surface area contributed by atoms with Gasteiger partial charge in [0.1, 0.15) is 5.75 Å². The Kier molecular flexibility index (Phi) is 5.04. The summed E-state index contributed by atoms with van der Waals surface area (Å²) in [4.78, 5) is 12.4. The first-order valence-electron chi connectivity index (χ1n) is 9.39. The van der Waals surface area contributed by atoms with Crippen LogP contribution in [-0.2, 0) is 4.79 Å². The Morgan fingerprint density at radius 3 is 2.90 bits per heavy atom. The molecule has 1 N–H and O–H groups in total. The van der Waals surface area contributed by atoms with E-state index in [1.54, 1.807) is 29.8 Å². The molecule has 0 radical (unpaired) electrons. The second-order valence-electron chi connectivity index (χ2n) is 6.58. The quantitative estimate of drug-likeness (QED) is 0.461. The largest absolute Gasteiger partial charge is 0.496 e. The fourth-order valence-electron chi connectivity index (χ4n) is 3.16. The van der Waals surface area contributed by atoms with Crippen molar-refractivity contribution < 1.29 is 19.0 Å². The van der Waals surface area contributed by atoms with Crippen LogP contribution in [0, 0.1) is 0 Å². The molecule has 1 amide bonds. The van der Waals surface area contributed by atoms with E-state index >= 15 is 0 Å². The molecule has 3 heterocycles. The van der Waals surface area contributed by atoms with Crippen LogP contribution in [-0.4, -0.2) is 45.4 Å². The van der Waals surface area contributed by atoms with Crippen molar-refractivity contribution in [3.8, 4) is 28.5 Å². The van der Waals surface area contributed by atoms with Crippen molar-refractivity contribution in [1.29, 1.82) is 0 Å². The zero-order valence-corrected chi connectivity index (χ0v) is 17.3. The van der Waals surface area contributed by atoms with Crippen molar-refractivity contribution in [2.24, 2.45) is 0 Å². The zero-order chi connectivity index (χ0) is 21.2. The van der Waals surface area contributed by atoms with Crippen LogP contribution in [0.1, 0.15) is 0 Å². The van der Waals surface area contributed by atoms with Gasteiger partial charge in [0.25, 0.3) is 0 Å². The highest BCUT2D eigenvalue weighted by atomic mass is 32.2. The Bertz CT molecular complexity index is 1280. The maximum atomic E-state index is 12.4. The molecule has 9 nitrogen and oxygen atoms in total. The molecule has 0 fully saturated rings. The van der Waals surface area contributed by atoms with Gasteiger partial charge in [-0.15, -0.1) is 10.2 Å². The lowest BCUT2D eigenvalue weighted by atomic mass is 10.1. The lowest BCUT2D eigenvalue weighted by Crippen LogP contribution is -2.14. The predicted molar refractivity (Wildman–Crippen MR) is 115 cm³/mol. The van der Waals surface area contributed by atoms with E-state index in [-0.39, 0.29) is 18.5 Å². The summed E-state index contributed by atoms with van der Waals surface area (Å²) in [6.07, 6.45) is 0. The minimum absolute atomic E-state index is 0.149. The lowest BCUT2D eigenvalue weighted by Gasteiger charge is -2.08. The minimum Gasteiger partial charge on any atom is -0.496 e. The number of methoxy groups -OCH3 is 1. The van der Waals surface area contributed by atoms with E-state index in [9.17, 15) is 4.79 Å². The summed E-state index contributed by atoms with van der Waals surface area (Å²) >= 11 is 1.25. The third kappa shape index (κ3) is 3.84. The topological polar surface area (TPSA) is 99.9 Å². The molecule has 0 saturated heterocycles. The Labute approximate surface area is 181 Å². The van der Waals surface area contributed by atoms with Gasteiger partial charge in [-0.25, -0.2) is 0 Å². The molecule has 0 bridgehead atoms. The molecule has 5 rings (SSSR count). The molecule has 0 spiro atoms. The standard InChI is InChI=1S/C21H17N5O4S/c1-28-16-5-3-2-4-14(16)15-7-9-19-23-24-21(26(19)25-15)31-11-20(27)22-13-6-8-17-18(10-13)30-12-29-17/h2-10H,11-12H2,1H3,(H,22,27). The van der Waals surface area contributed by atoms with Crippen molar-refractivity contribution in [3.63, 3.8) is 0 Å². The highest BCUT2D eigenvalue weighted by Gasteiger charge is 2.16. The normalized spacial score (nSPS) is 12.2. The van der Waals surface area contributed by atoms with Gasteiger partial charge < -0.3 is 19.5 Å². The average Bonchev–Trinajstić information content (AvgIpc) is 3.43. The number of nitrogens with one attached hydrogen (secondary N) is 1. The number of benzene rings is 2. The number of fused-ring (bicyclic) bond motifs is 2. The van der Waals surface area contributed by atoms with Gasteiger partial charge in [-0.3, -0.25) is 4.79 Å². The zero-order valence-electron chi connectivity index (χ0n) is 16.4. The van der Waals surface area contributed by atoms with Gasteiger partial charge >= 0.3 is 0 Å². The van der Waals surface area contributed by atoms with E-state index in [1.165, 1.54) is 11.8 Å². The molecule has 0 aliphatic carbocycles. The summed E-state index contributed by atoms with van der Waals surface area (Å²) in [6, 6.07) is 16.6. The van der Waals surface area contributed by atoms with Crippen LogP contribution < -0.4 is 19.5 Å². The maximum absolute atomic E-state index is 12.4. The summed E-state index contributed by atoms with van der Waals surface area (Å²) in [7, 11) is 1.62. The van der Waals surface area contributed by atoms with Crippen LogP contribution in [0.2, 0.25) is 0 Å². The fraction of sp³-hybridized carbons (Fsp3) is 0.143. The average molecular weight is 435 g/mol. The van der Waals surface area contributed by atoms with Crippen molar-refractivity contribution in [1.82, 2.24) is 19.8 Å². The second kappa shape index (κ2) is 8.15. The third-order valence-electron chi connectivity index (χ3n) is 4.61. The highest BCUT2D eigenvalue weighted by Crippen LogP contribution is 2.34. The van der Waals surface area contributed by atoms with Crippen LogP contribution in [0.5, 0.6) is 17.2 Å². The molecule has 0 atom stereocenters. The van der Waals surface area contributed by atoms with Crippen LogP contribution in [0.3, 0.4) is 0 Å². The smallest absolute Gasteiger partial charge is 0.234 e. The number of thioether (sulfide) groups is 1. The third-order valence-corrected chi connectivity index (χ3v) is 5.53. The summed E-state index contributed by atoms with van der Waals surface area (Å²) < 4.78 is 17.7. The second-order valence-corrected chi connectivity index (χ2v) is 7.52. The van der Waals surface area contributed by atoms with Crippen molar-refractivity contribution in [3.05, 3.63) is 54.6 Å². The van der Waals surface area contributed by atoms with E-state index in [2.05, 4.69) is 20.6 Å². The number of hydrogen-bond donors (Lipinski definition) is 1. The molecule has 0 unspecified atom stereocenters. The Balaban J connectivity index is 1.32. The number of hydrogen-bond acceptors (Lipinski definition) is 8.